The molecule has 0 aliphatic rings. The van der Waals surface area contributed by atoms with E-state index in [1.54, 1.807) is 27.7 Å². The molecule has 0 saturated heterocycles. The predicted molar refractivity (Wildman–Crippen MR) is 53.4 cm³/mol. The summed E-state index contributed by atoms with van der Waals surface area (Å²) in [6.07, 6.45) is 3.33. The molecular weight excluding hydrogens is 182 g/mol. The highest BCUT2D eigenvalue weighted by Gasteiger charge is 2.20. The number of carbonyl (C=O) groups is 1. The van der Waals surface area contributed by atoms with Crippen LogP contribution in [0, 0.1) is 18.3 Å². The molecule has 80 valence electrons. The standard InChI is InChI=1S/C10H17NO3/c1-6-7(2)8(12)11-9(13)14-10(3,4)5/h1,7-8,12H,2-5H3,(H,11,13)/t7-,8?/m0/s1. The van der Waals surface area contributed by atoms with Crippen molar-refractivity contribution < 1.29 is 14.6 Å². The lowest BCUT2D eigenvalue weighted by Gasteiger charge is -2.22. The number of ether oxygens (including phenoxy) is 1. The molecule has 0 aliphatic heterocycles. The van der Waals surface area contributed by atoms with Gasteiger partial charge in [-0.1, -0.05) is 5.92 Å². The minimum Gasteiger partial charge on any atom is -0.444 e. The third-order valence-electron chi connectivity index (χ3n) is 1.40. The second-order valence-electron chi connectivity index (χ2n) is 4.05. The summed E-state index contributed by atoms with van der Waals surface area (Å²) >= 11 is 0. The molecule has 2 atom stereocenters. The minimum absolute atomic E-state index is 0.442. The highest BCUT2D eigenvalue weighted by molar-refractivity contribution is 5.67. The van der Waals surface area contributed by atoms with Crippen molar-refractivity contribution in [2.45, 2.75) is 39.5 Å². The highest BCUT2D eigenvalue weighted by atomic mass is 16.6. The van der Waals surface area contributed by atoms with Gasteiger partial charge in [-0.15, -0.1) is 6.42 Å². The van der Waals surface area contributed by atoms with E-state index in [2.05, 4.69) is 11.2 Å². The Morgan fingerprint density at radius 2 is 2.07 bits per heavy atom. The number of hydrogen-bond acceptors (Lipinski definition) is 3. The zero-order chi connectivity index (χ0) is 11.4. The Balaban J connectivity index is 4.03. The van der Waals surface area contributed by atoms with Gasteiger partial charge in [0.05, 0.1) is 5.92 Å². The van der Waals surface area contributed by atoms with Gasteiger partial charge in [0.25, 0.3) is 0 Å². The van der Waals surface area contributed by atoms with E-state index in [-0.39, 0.29) is 0 Å². The first-order valence-corrected chi connectivity index (χ1v) is 4.40. The maximum Gasteiger partial charge on any atom is 0.409 e. The second kappa shape index (κ2) is 4.87. The van der Waals surface area contributed by atoms with Crippen LogP contribution in [0.1, 0.15) is 27.7 Å². The lowest BCUT2D eigenvalue weighted by Crippen LogP contribution is -2.41. The van der Waals surface area contributed by atoms with Crippen molar-refractivity contribution in [3.05, 3.63) is 0 Å². The van der Waals surface area contributed by atoms with Gasteiger partial charge < -0.3 is 9.84 Å². The molecule has 0 fully saturated rings. The fourth-order valence-electron chi connectivity index (χ4n) is 0.644. The monoisotopic (exact) mass is 199 g/mol. The van der Waals surface area contributed by atoms with Crippen LogP contribution in [0.25, 0.3) is 0 Å². The van der Waals surface area contributed by atoms with E-state index in [0.29, 0.717) is 0 Å². The van der Waals surface area contributed by atoms with Gasteiger partial charge >= 0.3 is 6.09 Å². The highest BCUT2D eigenvalue weighted by Crippen LogP contribution is 2.07. The van der Waals surface area contributed by atoms with Crippen molar-refractivity contribution in [1.82, 2.24) is 5.32 Å². The fraction of sp³-hybridized carbons (Fsp3) is 0.700. The minimum atomic E-state index is -1.07. The van der Waals surface area contributed by atoms with Gasteiger partial charge in [0.2, 0.25) is 0 Å². The van der Waals surface area contributed by atoms with Gasteiger partial charge in [0, 0.05) is 0 Å². The van der Waals surface area contributed by atoms with Gasteiger partial charge in [-0.05, 0) is 27.7 Å². The molecular formula is C10H17NO3. The summed E-state index contributed by atoms with van der Waals surface area (Å²) < 4.78 is 4.92. The Kier molecular flexibility index (Phi) is 4.45. The maximum atomic E-state index is 11.1. The van der Waals surface area contributed by atoms with Crippen LogP contribution in [0.3, 0.4) is 0 Å². The number of nitrogens with one attached hydrogen (secondary N) is 1. The molecule has 0 spiro atoms. The van der Waals surface area contributed by atoms with E-state index < -0.39 is 23.8 Å². The molecule has 0 rings (SSSR count). The van der Waals surface area contributed by atoms with Gasteiger partial charge in [-0.2, -0.15) is 0 Å². The number of amides is 1. The Bertz CT molecular complexity index is 237. The molecule has 0 bridgehead atoms. The van der Waals surface area contributed by atoms with Crippen molar-refractivity contribution in [3.8, 4) is 12.3 Å². The third-order valence-corrected chi connectivity index (χ3v) is 1.40. The van der Waals surface area contributed by atoms with E-state index in [9.17, 15) is 9.90 Å². The van der Waals surface area contributed by atoms with Crippen LogP contribution in [-0.4, -0.2) is 23.0 Å². The normalized spacial score (nSPS) is 15.1. The lowest BCUT2D eigenvalue weighted by atomic mass is 10.1. The molecule has 2 N–H and O–H groups in total. The lowest BCUT2D eigenvalue weighted by molar-refractivity contribution is 0.0301. The smallest absolute Gasteiger partial charge is 0.409 e. The summed E-state index contributed by atoms with van der Waals surface area (Å²) in [7, 11) is 0. The molecule has 0 radical (unpaired) electrons. The van der Waals surface area contributed by atoms with Crippen molar-refractivity contribution in [2.75, 3.05) is 0 Å². The van der Waals surface area contributed by atoms with Gasteiger partial charge in [0.1, 0.15) is 11.8 Å². The number of carbonyl (C=O) groups excluding carboxylic acids is 1. The number of aliphatic hydroxyl groups is 1. The molecule has 0 heterocycles. The van der Waals surface area contributed by atoms with E-state index in [1.165, 1.54) is 0 Å². The summed E-state index contributed by atoms with van der Waals surface area (Å²) in [5.74, 6) is 1.87. The molecule has 0 aromatic heterocycles. The largest absolute Gasteiger partial charge is 0.444 e. The Morgan fingerprint density at radius 1 is 1.57 bits per heavy atom. The zero-order valence-corrected chi connectivity index (χ0v) is 9.00. The van der Waals surface area contributed by atoms with Crippen LogP contribution in [0.15, 0.2) is 0 Å². The number of rotatable bonds is 2. The second-order valence-corrected chi connectivity index (χ2v) is 4.05. The van der Waals surface area contributed by atoms with Crippen LogP contribution < -0.4 is 5.32 Å². The summed E-state index contributed by atoms with van der Waals surface area (Å²) in [6.45, 7) is 6.85. The third kappa shape index (κ3) is 5.44. The zero-order valence-electron chi connectivity index (χ0n) is 9.00. The molecule has 4 nitrogen and oxygen atoms in total. The van der Waals surface area contributed by atoms with Crippen molar-refractivity contribution in [2.24, 2.45) is 5.92 Å². The van der Waals surface area contributed by atoms with E-state index in [4.69, 9.17) is 11.2 Å². The van der Waals surface area contributed by atoms with Gasteiger partial charge in [-0.25, -0.2) is 4.79 Å². The molecule has 14 heavy (non-hydrogen) atoms. The SMILES string of the molecule is C#C[C@H](C)C(O)NC(=O)OC(C)(C)C. The quantitative estimate of drug-likeness (QED) is 0.517. The topological polar surface area (TPSA) is 58.6 Å². The molecule has 0 aromatic rings. The molecule has 1 unspecified atom stereocenters. The van der Waals surface area contributed by atoms with E-state index in [1.807, 2.05) is 0 Å². The van der Waals surface area contributed by atoms with Crippen molar-refractivity contribution in [3.63, 3.8) is 0 Å². The average Bonchev–Trinajstić information content (AvgIpc) is 1.99. The van der Waals surface area contributed by atoms with E-state index >= 15 is 0 Å². The summed E-state index contributed by atoms with van der Waals surface area (Å²) in [5.41, 5.74) is -0.580. The Hall–Kier alpha value is -1.21. The number of terminal acetylenes is 1. The number of alkyl carbamates (subject to hydrolysis) is 1. The van der Waals surface area contributed by atoms with Crippen LogP contribution in [0.4, 0.5) is 4.79 Å². The molecule has 0 saturated carbocycles. The van der Waals surface area contributed by atoms with Crippen LogP contribution in [0.5, 0.6) is 0 Å². The Morgan fingerprint density at radius 3 is 2.43 bits per heavy atom. The number of hydrogen-bond donors (Lipinski definition) is 2. The number of aliphatic hydroxyl groups excluding tert-OH is 1. The van der Waals surface area contributed by atoms with Crippen LogP contribution in [0.2, 0.25) is 0 Å². The van der Waals surface area contributed by atoms with E-state index in [0.717, 1.165) is 0 Å². The molecule has 1 amide bonds. The van der Waals surface area contributed by atoms with Crippen LogP contribution in [-0.2, 0) is 4.74 Å². The fourth-order valence-corrected chi connectivity index (χ4v) is 0.644. The first-order valence-electron chi connectivity index (χ1n) is 4.40. The average molecular weight is 199 g/mol. The molecule has 0 aromatic carbocycles. The maximum absolute atomic E-state index is 11.1. The van der Waals surface area contributed by atoms with Crippen molar-refractivity contribution in [1.29, 1.82) is 0 Å². The first-order chi connectivity index (χ1) is 6.26. The summed E-state index contributed by atoms with van der Waals surface area (Å²) in [5, 5.41) is 11.6. The summed E-state index contributed by atoms with van der Waals surface area (Å²) in [6, 6.07) is 0. The molecule has 0 aliphatic carbocycles. The first kappa shape index (κ1) is 12.8. The van der Waals surface area contributed by atoms with Crippen LogP contribution >= 0.6 is 0 Å². The van der Waals surface area contributed by atoms with Crippen molar-refractivity contribution >= 4 is 6.09 Å². The Labute approximate surface area is 84.6 Å². The van der Waals surface area contributed by atoms with Gasteiger partial charge in [0.15, 0.2) is 0 Å². The predicted octanol–water partition coefficient (Wildman–Crippen LogP) is 1.10. The summed E-state index contributed by atoms with van der Waals surface area (Å²) in [4.78, 5) is 11.1. The molecule has 4 heteroatoms. The van der Waals surface area contributed by atoms with Gasteiger partial charge in [-0.3, -0.25) is 5.32 Å².